The molecule has 0 aliphatic rings. The number of nitrogens with zero attached hydrogens (tertiary/aromatic N) is 3. The fraction of sp³-hybridized carbons (Fsp3) is 0.625. The Labute approximate surface area is 102 Å². The molecular formula is C8H11Cl2N3O3. The molecule has 0 radical (unpaired) electrons. The van der Waals surface area contributed by atoms with Crippen molar-refractivity contribution in [2.45, 2.75) is 12.5 Å². The van der Waals surface area contributed by atoms with Gasteiger partial charge in [0, 0.05) is 6.42 Å². The van der Waals surface area contributed by atoms with Crippen molar-refractivity contribution >= 4 is 23.2 Å². The quantitative estimate of drug-likeness (QED) is 0.711. The van der Waals surface area contributed by atoms with Crippen molar-refractivity contribution in [1.29, 1.82) is 0 Å². The van der Waals surface area contributed by atoms with E-state index in [-0.39, 0.29) is 23.8 Å². The fourth-order valence-corrected chi connectivity index (χ4v) is 1.31. The van der Waals surface area contributed by atoms with Crippen LogP contribution in [-0.4, -0.2) is 51.1 Å². The van der Waals surface area contributed by atoms with Crippen molar-refractivity contribution in [2.24, 2.45) is 0 Å². The minimum Gasteiger partial charge on any atom is -0.394 e. The summed E-state index contributed by atoms with van der Waals surface area (Å²) in [5.74, 6) is 0.420. The third-order valence-corrected chi connectivity index (χ3v) is 1.96. The Kier molecular flexibility index (Phi) is 5.86. The monoisotopic (exact) mass is 267 g/mol. The summed E-state index contributed by atoms with van der Waals surface area (Å²) in [6, 6.07) is 0. The predicted octanol–water partition coefficient (Wildman–Crippen LogP) is 0.0907. The van der Waals surface area contributed by atoms with Gasteiger partial charge in [0.05, 0.1) is 19.8 Å². The van der Waals surface area contributed by atoms with E-state index in [1.807, 2.05) is 0 Å². The van der Waals surface area contributed by atoms with Crippen molar-refractivity contribution < 1.29 is 14.9 Å². The Morgan fingerprint density at radius 3 is 2.38 bits per heavy atom. The van der Waals surface area contributed by atoms with Gasteiger partial charge in [-0.3, -0.25) is 0 Å². The average Bonchev–Trinajstić information content (AvgIpc) is 2.22. The van der Waals surface area contributed by atoms with Gasteiger partial charge in [-0.2, -0.15) is 4.98 Å². The summed E-state index contributed by atoms with van der Waals surface area (Å²) >= 11 is 11.2. The summed E-state index contributed by atoms with van der Waals surface area (Å²) in [5, 5.41) is 17.6. The van der Waals surface area contributed by atoms with E-state index in [0.717, 1.165) is 0 Å². The lowest BCUT2D eigenvalue weighted by atomic mass is 10.4. The highest BCUT2D eigenvalue weighted by Gasteiger charge is 2.05. The lowest BCUT2D eigenvalue weighted by Gasteiger charge is -2.07. The molecule has 2 N–H and O–H groups in total. The zero-order valence-corrected chi connectivity index (χ0v) is 9.82. The second-order valence-corrected chi connectivity index (χ2v) is 3.63. The second kappa shape index (κ2) is 6.93. The Bertz CT molecular complexity index is 320. The maximum absolute atomic E-state index is 8.98. The SMILES string of the molecule is OCC(O)COCCc1nc(Cl)nc(Cl)n1. The van der Waals surface area contributed by atoms with Crippen molar-refractivity contribution in [3.05, 3.63) is 16.4 Å². The van der Waals surface area contributed by atoms with Gasteiger partial charge in [0.1, 0.15) is 11.9 Å². The Balaban J connectivity index is 2.32. The summed E-state index contributed by atoms with van der Waals surface area (Å²) in [4.78, 5) is 11.3. The lowest BCUT2D eigenvalue weighted by Crippen LogP contribution is -2.20. The van der Waals surface area contributed by atoms with Crippen molar-refractivity contribution in [1.82, 2.24) is 15.0 Å². The standard InChI is InChI=1S/C8H11Cl2N3O3/c9-7-11-6(12-8(10)13-7)1-2-16-4-5(15)3-14/h5,14-15H,1-4H2. The number of halogens is 2. The molecule has 90 valence electrons. The summed E-state index contributed by atoms with van der Waals surface area (Å²) in [6.45, 7) is 0.0280. The zero-order chi connectivity index (χ0) is 12.0. The summed E-state index contributed by atoms with van der Waals surface area (Å²) < 4.78 is 5.07. The number of rotatable bonds is 6. The van der Waals surface area contributed by atoms with E-state index in [1.54, 1.807) is 0 Å². The Hall–Kier alpha value is -0.530. The molecule has 16 heavy (non-hydrogen) atoms. The average molecular weight is 268 g/mol. The van der Waals surface area contributed by atoms with Crippen LogP contribution in [0.3, 0.4) is 0 Å². The van der Waals surface area contributed by atoms with E-state index in [0.29, 0.717) is 18.9 Å². The molecule has 1 atom stereocenters. The van der Waals surface area contributed by atoms with Crippen LogP contribution in [0.15, 0.2) is 0 Å². The minimum atomic E-state index is -0.870. The van der Waals surface area contributed by atoms with Crippen LogP contribution >= 0.6 is 23.2 Å². The van der Waals surface area contributed by atoms with Crippen LogP contribution in [0, 0.1) is 0 Å². The van der Waals surface area contributed by atoms with Gasteiger partial charge in [-0.05, 0) is 23.2 Å². The topological polar surface area (TPSA) is 88.4 Å². The molecule has 0 bridgehead atoms. The maximum atomic E-state index is 8.98. The normalized spacial score (nSPS) is 12.8. The van der Waals surface area contributed by atoms with E-state index in [9.17, 15) is 0 Å². The van der Waals surface area contributed by atoms with Crippen molar-refractivity contribution in [3.63, 3.8) is 0 Å². The third-order valence-electron chi connectivity index (χ3n) is 1.62. The highest BCUT2D eigenvalue weighted by Crippen LogP contribution is 2.06. The summed E-state index contributed by atoms with van der Waals surface area (Å²) in [7, 11) is 0. The van der Waals surface area contributed by atoms with Gasteiger partial charge in [-0.1, -0.05) is 0 Å². The van der Waals surface area contributed by atoms with E-state index in [4.69, 9.17) is 38.2 Å². The molecule has 0 saturated heterocycles. The predicted molar refractivity (Wildman–Crippen MR) is 57.5 cm³/mol. The van der Waals surface area contributed by atoms with E-state index >= 15 is 0 Å². The van der Waals surface area contributed by atoms with Crippen LogP contribution in [0.4, 0.5) is 0 Å². The Morgan fingerprint density at radius 1 is 1.19 bits per heavy atom. The van der Waals surface area contributed by atoms with Gasteiger partial charge in [0.15, 0.2) is 0 Å². The fourth-order valence-electron chi connectivity index (χ4n) is 0.911. The van der Waals surface area contributed by atoms with Gasteiger partial charge in [0.25, 0.3) is 0 Å². The molecule has 0 aliphatic carbocycles. The molecule has 8 heteroatoms. The number of aromatic nitrogens is 3. The Morgan fingerprint density at radius 2 is 1.81 bits per heavy atom. The number of hydrogen-bond donors (Lipinski definition) is 2. The van der Waals surface area contributed by atoms with Gasteiger partial charge < -0.3 is 14.9 Å². The first kappa shape index (κ1) is 13.5. The molecule has 1 rings (SSSR count). The molecular weight excluding hydrogens is 257 g/mol. The highest BCUT2D eigenvalue weighted by molar-refractivity contribution is 6.30. The number of hydrogen-bond acceptors (Lipinski definition) is 6. The van der Waals surface area contributed by atoms with Crippen LogP contribution in [0.1, 0.15) is 5.82 Å². The van der Waals surface area contributed by atoms with E-state index < -0.39 is 6.10 Å². The van der Waals surface area contributed by atoms with Gasteiger partial charge in [-0.15, -0.1) is 0 Å². The first-order valence-corrected chi connectivity index (χ1v) is 5.30. The van der Waals surface area contributed by atoms with Crippen LogP contribution < -0.4 is 0 Å². The number of aliphatic hydroxyl groups is 2. The molecule has 1 aromatic rings. The summed E-state index contributed by atoms with van der Waals surface area (Å²) in [5.41, 5.74) is 0. The van der Waals surface area contributed by atoms with Crippen molar-refractivity contribution in [3.8, 4) is 0 Å². The minimum absolute atomic E-state index is 0.0328. The maximum Gasteiger partial charge on any atom is 0.226 e. The molecule has 0 fully saturated rings. The van der Waals surface area contributed by atoms with Crippen LogP contribution in [0.5, 0.6) is 0 Å². The van der Waals surface area contributed by atoms with Gasteiger partial charge in [-0.25, -0.2) is 9.97 Å². The van der Waals surface area contributed by atoms with E-state index in [1.165, 1.54) is 0 Å². The molecule has 0 amide bonds. The zero-order valence-electron chi connectivity index (χ0n) is 8.31. The third kappa shape index (κ3) is 5.00. The number of aliphatic hydroxyl groups excluding tert-OH is 2. The molecule has 0 saturated carbocycles. The lowest BCUT2D eigenvalue weighted by molar-refractivity contribution is 0.00690. The van der Waals surface area contributed by atoms with Crippen LogP contribution in [0.25, 0.3) is 0 Å². The van der Waals surface area contributed by atoms with Crippen molar-refractivity contribution in [2.75, 3.05) is 19.8 Å². The van der Waals surface area contributed by atoms with Gasteiger partial charge >= 0.3 is 0 Å². The van der Waals surface area contributed by atoms with Crippen LogP contribution in [0.2, 0.25) is 10.6 Å². The second-order valence-electron chi connectivity index (χ2n) is 2.95. The molecule has 1 aromatic heterocycles. The largest absolute Gasteiger partial charge is 0.394 e. The molecule has 0 aromatic carbocycles. The smallest absolute Gasteiger partial charge is 0.226 e. The first-order valence-electron chi connectivity index (χ1n) is 4.54. The summed E-state index contributed by atoms with van der Waals surface area (Å²) in [6.07, 6.45) is -0.467. The molecule has 0 aliphatic heterocycles. The first-order chi connectivity index (χ1) is 7.61. The molecule has 6 nitrogen and oxygen atoms in total. The highest BCUT2D eigenvalue weighted by atomic mass is 35.5. The molecule has 1 heterocycles. The van der Waals surface area contributed by atoms with Gasteiger partial charge in [0.2, 0.25) is 10.6 Å². The molecule has 1 unspecified atom stereocenters. The number of ether oxygens (including phenoxy) is 1. The van der Waals surface area contributed by atoms with Crippen LogP contribution in [-0.2, 0) is 11.2 Å². The molecule has 0 spiro atoms. The van der Waals surface area contributed by atoms with E-state index in [2.05, 4.69) is 15.0 Å².